The zero-order chi connectivity index (χ0) is 21.3. The summed E-state index contributed by atoms with van der Waals surface area (Å²) < 4.78 is 13.8. The van der Waals surface area contributed by atoms with Crippen LogP contribution in [0.5, 0.6) is 0 Å². The molecular weight excluding hydrogens is 379 g/mol. The molecule has 3 aromatic rings. The average molecular weight is 404 g/mol. The van der Waals surface area contributed by atoms with E-state index in [-0.39, 0.29) is 29.2 Å². The van der Waals surface area contributed by atoms with E-state index in [1.165, 1.54) is 12.1 Å². The van der Waals surface area contributed by atoms with Crippen molar-refractivity contribution in [1.29, 1.82) is 0 Å². The maximum Gasteiger partial charge on any atom is 0.256 e. The normalized spacial score (nSPS) is 14.8. The Morgan fingerprint density at radius 1 is 1.10 bits per heavy atom. The molecule has 1 aliphatic rings. The van der Waals surface area contributed by atoms with Gasteiger partial charge in [0.1, 0.15) is 5.82 Å². The van der Waals surface area contributed by atoms with E-state index in [9.17, 15) is 14.0 Å². The third-order valence-corrected chi connectivity index (χ3v) is 6.06. The van der Waals surface area contributed by atoms with Crippen LogP contribution in [-0.2, 0) is 0 Å². The molecule has 0 saturated heterocycles. The number of halogens is 1. The van der Waals surface area contributed by atoms with Crippen molar-refractivity contribution in [2.75, 3.05) is 0 Å². The maximum absolute atomic E-state index is 13.8. The predicted molar refractivity (Wildman–Crippen MR) is 116 cm³/mol. The molecule has 2 N–H and O–H groups in total. The molecule has 4 rings (SSSR count). The van der Waals surface area contributed by atoms with Gasteiger partial charge in [-0.3, -0.25) is 9.59 Å². The lowest BCUT2D eigenvalue weighted by atomic mass is 9.77. The Hall–Kier alpha value is -3.21. The average Bonchev–Trinajstić information content (AvgIpc) is 2.66. The van der Waals surface area contributed by atoms with Crippen molar-refractivity contribution < 1.29 is 9.18 Å². The van der Waals surface area contributed by atoms with Gasteiger partial charge >= 0.3 is 0 Å². The van der Waals surface area contributed by atoms with Crippen LogP contribution in [0.1, 0.15) is 52.5 Å². The zero-order valence-corrected chi connectivity index (χ0v) is 17.2. The number of aromatic nitrogens is 1. The fourth-order valence-electron chi connectivity index (χ4n) is 4.32. The third kappa shape index (κ3) is 3.80. The highest BCUT2D eigenvalue weighted by Gasteiger charge is 2.31. The van der Waals surface area contributed by atoms with E-state index in [0.29, 0.717) is 22.4 Å². The predicted octanol–water partition coefficient (Wildman–Crippen LogP) is 5.07. The minimum absolute atomic E-state index is 0.214. The second-order valence-electron chi connectivity index (χ2n) is 8.02. The Morgan fingerprint density at radius 3 is 2.47 bits per heavy atom. The summed E-state index contributed by atoms with van der Waals surface area (Å²) in [5, 5.41) is 3.13. The quantitative estimate of drug-likeness (QED) is 0.624. The van der Waals surface area contributed by atoms with Gasteiger partial charge in [0.15, 0.2) is 0 Å². The van der Waals surface area contributed by atoms with Crippen molar-refractivity contribution in [3.63, 3.8) is 0 Å². The maximum atomic E-state index is 13.8. The summed E-state index contributed by atoms with van der Waals surface area (Å²) in [4.78, 5) is 28.8. The van der Waals surface area contributed by atoms with E-state index in [1.54, 1.807) is 19.9 Å². The number of H-pyrrole nitrogens is 1. The summed E-state index contributed by atoms with van der Waals surface area (Å²) in [5.74, 6) is -0.277. The van der Waals surface area contributed by atoms with Gasteiger partial charge in [-0.1, -0.05) is 48.9 Å². The van der Waals surface area contributed by atoms with Crippen LogP contribution < -0.4 is 10.9 Å². The summed E-state index contributed by atoms with van der Waals surface area (Å²) in [6.45, 7) is 3.54. The standard InChI is InChI=1S/C25H25FN2O2/c1-15-21(16(2)27-25(30)22(15)17-8-4-3-5-9-17)24(29)28-23(18-10-6-11-18)19-12-7-13-20(26)14-19/h3-5,7-9,12-14,18,23H,6,10-11H2,1-2H3,(H,27,30)(H,28,29)/t23-/m0/s1. The molecule has 0 bridgehead atoms. The molecule has 1 amide bonds. The largest absolute Gasteiger partial charge is 0.345 e. The van der Waals surface area contributed by atoms with Gasteiger partial charge in [0, 0.05) is 5.69 Å². The topological polar surface area (TPSA) is 62.0 Å². The number of hydrogen-bond acceptors (Lipinski definition) is 2. The first kappa shape index (κ1) is 20.1. The number of aromatic amines is 1. The molecular formula is C25H25FN2O2. The molecule has 0 spiro atoms. The molecule has 0 aliphatic heterocycles. The van der Waals surface area contributed by atoms with Crippen LogP contribution in [0.3, 0.4) is 0 Å². The van der Waals surface area contributed by atoms with Crippen LogP contribution in [0.2, 0.25) is 0 Å². The Labute approximate surface area is 175 Å². The molecule has 1 fully saturated rings. The highest BCUT2D eigenvalue weighted by Crippen LogP contribution is 2.38. The Kier molecular flexibility index (Phi) is 5.53. The van der Waals surface area contributed by atoms with Gasteiger partial charge in [0.2, 0.25) is 0 Å². The Bertz CT molecular complexity index is 1130. The number of pyridine rings is 1. The minimum atomic E-state index is -0.311. The smallest absolute Gasteiger partial charge is 0.256 e. The molecule has 1 aliphatic carbocycles. The molecule has 4 nitrogen and oxygen atoms in total. The lowest BCUT2D eigenvalue weighted by Gasteiger charge is -2.35. The first-order valence-electron chi connectivity index (χ1n) is 10.3. The molecule has 1 atom stereocenters. The van der Waals surface area contributed by atoms with Crippen LogP contribution in [0.25, 0.3) is 11.1 Å². The molecule has 2 aromatic carbocycles. The van der Waals surface area contributed by atoms with E-state index >= 15 is 0 Å². The van der Waals surface area contributed by atoms with Gasteiger partial charge in [-0.2, -0.15) is 0 Å². The van der Waals surface area contributed by atoms with Crippen LogP contribution >= 0.6 is 0 Å². The van der Waals surface area contributed by atoms with Gasteiger partial charge in [0.05, 0.1) is 17.2 Å². The van der Waals surface area contributed by atoms with Crippen molar-refractivity contribution in [3.05, 3.63) is 93.2 Å². The molecule has 1 heterocycles. The number of nitrogens with one attached hydrogen (secondary N) is 2. The number of carbonyl (C=O) groups excluding carboxylic acids is 1. The highest BCUT2D eigenvalue weighted by molar-refractivity contribution is 5.98. The summed E-state index contributed by atoms with van der Waals surface area (Å²) in [6.07, 6.45) is 3.11. The van der Waals surface area contributed by atoms with Gasteiger partial charge in [-0.05, 0) is 61.4 Å². The number of hydrogen-bond donors (Lipinski definition) is 2. The molecule has 1 saturated carbocycles. The Balaban J connectivity index is 1.73. The van der Waals surface area contributed by atoms with E-state index in [0.717, 1.165) is 30.4 Å². The zero-order valence-electron chi connectivity index (χ0n) is 17.2. The van der Waals surface area contributed by atoms with E-state index in [4.69, 9.17) is 0 Å². The van der Waals surface area contributed by atoms with Gasteiger partial charge < -0.3 is 10.3 Å². The monoisotopic (exact) mass is 404 g/mol. The number of carbonyl (C=O) groups is 1. The number of amides is 1. The number of aryl methyl sites for hydroxylation is 1. The number of rotatable bonds is 5. The second kappa shape index (κ2) is 8.27. The number of benzene rings is 2. The summed E-state index contributed by atoms with van der Waals surface area (Å²) in [6, 6.07) is 15.5. The molecule has 154 valence electrons. The van der Waals surface area contributed by atoms with E-state index in [2.05, 4.69) is 10.3 Å². The van der Waals surface area contributed by atoms with E-state index in [1.807, 2.05) is 36.4 Å². The van der Waals surface area contributed by atoms with E-state index < -0.39 is 0 Å². The van der Waals surface area contributed by atoms with Crippen molar-refractivity contribution in [1.82, 2.24) is 10.3 Å². The van der Waals surface area contributed by atoms with Crippen molar-refractivity contribution in [3.8, 4) is 11.1 Å². The fourth-order valence-corrected chi connectivity index (χ4v) is 4.32. The molecule has 0 radical (unpaired) electrons. The highest BCUT2D eigenvalue weighted by atomic mass is 19.1. The fraction of sp³-hybridized carbons (Fsp3) is 0.280. The first-order chi connectivity index (χ1) is 14.5. The SMILES string of the molecule is Cc1[nH]c(=O)c(-c2ccccc2)c(C)c1C(=O)N[C@H](c1cccc(F)c1)C1CCC1. The summed E-state index contributed by atoms with van der Waals surface area (Å²) >= 11 is 0. The molecule has 30 heavy (non-hydrogen) atoms. The molecule has 5 heteroatoms. The van der Waals surface area contributed by atoms with Crippen LogP contribution in [-0.4, -0.2) is 10.9 Å². The van der Waals surface area contributed by atoms with Crippen molar-refractivity contribution in [2.24, 2.45) is 5.92 Å². The minimum Gasteiger partial charge on any atom is -0.345 e. The summed E-state index contributed by atoms with van der Waals surface area (Å²) in [7, 11) is 0. The lowest BCUT2D eigenvalue weighted by molar-refractivity contribution is 0.0898. The first-order valence-corrected chi connectivity index (χ1v) is 10.3. The van der Waals surface area contributed by atoms with Gasteiger partial charge in [-0.15, -0.1) is 0 Å². The van der Waals surface area contributed by atoms with Crippen LogP contribution in [0.15, 0.2) is 59.4 Å². The second-order valence-corrected chi connectivity index (χ2v) is 8.02. The Morgan fingerprint density at radius 2 is 1.83 bits per heavy atom. The van der Waals surface area contributed by atoms with Crippen LogP contribution in [0, 0.1) is 25.6 Å². The molecule has 1 aromatic heterocycles. The van der Waals surface area contributed by atoms with Crippen LogP contribution in [0.4, 0.5) is 4.39 Å². The molecule has 0 unspecified atom stereocenters. The van der Waals surface area contributed by atoms with Crippen molar-refractivity contribution in [2.45, 2.75) is 39.2 Å². The summed E-state index contributed by atoms with van der Waals surface area (Å²) in [5.41, 5.74) is 3.47. The third-order valence-electron chi connectivity index (χ3n) is 6.06. The lowest BCUT2D eigenvalue weighted by Crippen LogP contribution is -2.37. The van der Waals surface area contributed by atoms with Gasteiger partial charge in [-0.25, -0.2) is 4.39 Å². The van der Waals surface area contributed by atoms with Gasteiger partial charge in [0.25, 0.3) is 11.5 Å². The van der Waals surface area contributed by atoms with Crippen molar-refractivity contribution >= 4 is 5.91 Å².